The van der Waals surface area contributed by atoms with Crippen LogP contribution < -0.4 is 19.7 Å². The summed E-state index contributed by atoms with van der Waals surface area (Å²) in [7, 11) is 3.79. The molecule has 1 atom stereocenters. The number of likely N-dealkylation sites (tertiary alicyclic amines) is 1. The van der Waals surface area contributed by atoms with E-state index in [1.165, 1.54) is 0 Å². The van der Waals surface area contributed by atoms with E-state index in [1.54, 1.807) is 17.3 Å². The van der Waals surface area contributed by atoms with Gasteiger partial charge in [-0.2, -0.15) is 0 Å². The predicted octanol–water partition coefficient (Wildman–Crippen LogP) is 3.02. The number of hydrogen-bond acceptors (Lipinski definition) is 6. The summed E-state index contributed by atoms with van der Waals surface area (Å²) < 4.78 is 11.7. The minimum atomic E-state index is -0.160. The Morgan fingerprint density at radius 3 is 2.86 bits per heavy atom. The number of para-hydroxylation sites is 2. The number of amides is 2. The molecule has 2 heterocycles. The lowest BCUT2D eigenvalue weighted by molar-refractivity contribution is 0.103. The largest absolute Gasteiger partial charge is 0.492 e. The fourth-order valence-corrected chi connectivity index (χ4v) is 3.13. The van der Waals surface area contributed by atoms with E-state index in [2.05, 4.69) is 15.3 Å². The van der Waals surface area contributed by atoms with Crippen LogP contribution in [-0.4, -0.2) is 60.8 Å². The SMILES string of the molecule is CCOc1ccccc1NC(=O)N1CCCC(Oc2nccnc2N(C)C)C1. The Morgan fingerprint density at radius 2 is 2.07 bits per heavy atom. The van der Waals surface area contributed by atoms with Gasteiger partial charge in [0.15, 0.2) is 5.82 Å². The second-order valence-electron chi connectivity index (χ2n) is 6.77. The van der Waals surface area contributed by atoms with Crippen molar-refractivity contribution < 1.29 is 14.3 Å². The molecule has 1 aliphatic heterocycles. The molecule has 0 radical (unpaired) electrons. The minimum Gasteiger partial charge on any atom is -0.492 e. The number of hydrogen-bond donors (Lipinski definition) is 1. The molecule has 2 aromatic rings. The van der Waals surface area contributed by atoms with E-state index in [-0.39, 0.29) is 12.1 Å². The molecular weight excluding hydrogens is 358 g/mol. The van der Waals surface area contributed by atoms with Gasteiger partial charge in [0.1, 0.15) is 11.9 Å². The summed E-state index contributed by atoms with van der Waals surface area (Å²) in [6.45, 7) is 3.63. The van der Waals surface area contributed by atoms with Crippen LogP contribution in [0.2, 0.25) is 0 Å². The van der Waals surface area contributed by atoms with Gasteiger partial charge in [-0.3, -0.25) is 0 Å². The van der Waals surface area contributed by atoms with E-state index >= 15 is 0 Å². The number of carbonyl (C=O) groups is 1. The van der Waals surface area contributed by atoms with Crippen molar-refractivity contribution >= 4 is 17.5 Å². The molecule has 1 aromatic carbocycles. The van der Waals surface area contributed by atoms with Crippen molar-refractivity contribution in [1.29, 1.82) is 0 Å². The van der Waals surface area contributed by atoms with E-state index in [0.717, 1.165) is 12.8 Å². The van der Waals surface area contributed by atoms with E-state index in [0.29, 0.717) is 42.8 Å². The first-order chi connectivity index (χ1) is 13.6. The van der Waals surface area contributed by atoms with Gasteiger partial charge < -0.3 is 24.6 Å². The van der Waals surface area contributed by atoms with Crippen LogP contribution in [0.1, 0.15) is 19.8 Å². The van der Waals surface area contributed by atoms with Crippen molar-refractivity contribution in [2.24, 2.45) is 0 Å². The fraction of sp³-hybridized carbons (Fsp3) is 0.450. The van der Waals surface area contributed by atoms with Gasteiger partial charge in [-0.25, -0.2) is 14.8 Å². The van der Waals surface area contributed by atoms with Crippen LogP contribution in [0.5, 0.6) is 11.6 Å². The Balaban J connectivity index is 1.64. The summed E-state index contributed by atoms with van der Waals surface area (Å²) in [6.07, 6.45) is 4.85. The Morgan fingerprint density at radius 1 is 1.29 bits per heavy atom. The summed E-state index contributed by atoms with van der Waals surface area (Å²) in [5, 5.41) is 2.95. The van der Waals surface area contributed by atoms with Gasteiger partial charge in [-0.1, -0.05) is 12.1 Å². The monoisotopic (exact) mass is 385 g/mol. The zero-order chi connectivity index (χ0) is 19.9. The first-order valence-electron chi connectivity index (χ1n) is 9.51. The second-order valence-corrected chi connectivity index (χ2v) is 6.77. The van der Waals surface area contributed by atoms with Crippen molar-refractivity contribution in [3.63, 3.8) is 0 Å². The highest BCUT2D eigenvalue weighted by Crippen LogP contribution is 2.26. The third kappa shape index (κ3) is 4.82. The summed E-state index contributed by atoms with van der Waals surface area (Å²) in [4.78, 5) is 25.0. The molecular formula is C20H27N5O3. The van der Waals surface area contributed by atoms with Gasteiger partial charge in [0, 0.05) is 33.0 Å². The Labute approximate surface area is 165 Å². The molecule has 150 valence electrons. The summed E-state index contributed by atoms with van der Waals surface area (Å²) in [5.41, 5.74) is 0.668. The Bertz CT molecular complexity index is 799. The van der Waals surface area contributed by atoms with Crippen molar-refractivity contribution in [3.8, 4) is 11.6 Å². The molecule has 1 N–H and O–H groups in total. The molecule has 1 aromatic heterocycles. The number of carbonyl (C=O) groups excluding carboxylic acids is 1. The van der Waals surface area contributed by atoms with Gasteiger partial charge in [0.25, 0.3) is 5.88 Å². The molecule has 3 rings (SSSR count). The van der Waals surface area contributed by atoms with Crippen LogP contribution in [0.25, 0.3) is 0 Å². The number of piperidine rings is 1. The fourth-order valence-electron chi connectivity index (χ4n) is 3.13. The number of benzene rings is 1. The lowest BCUT2D eigenvalue weighted by Crippen LogP contribution is -2.46. The molecule has 2 amide bonds. The number of rotatable bonds is 6. The molecule has 1 fully saturated rings. The number of nitrogens with zero attached hydrogens (tertiary/aromatic N) is 4. The maximum atomic E-state index is 12.8. The van der Waals surface area contributed by atoms with Crippen LogP contribution in [-0.2, 0) is 0 Å². The third-order valence-electron chi connectivity index (χ3n) is 4.44. The standard InChI is InChI=1S/C20H27N5O3/c1-4-27-17-10-6-5-9-16(17)23-20(26)25-13-7-8-15(14-25)28-19-18(24(2)3)21-11-12-22-19/h5-6,9-12,15H,4,7-8,13-14H2,1-3H3,(H,23,26). The molecule has 0 bridgehead atoms. The van der Waals surface area contributed by atoms with E-state index < -0.39 is 0 Å². The molecule has 0 saturated carbocycles. The number of anilines is 2. The lowest BCUT2D eigenvalue weighted by atomic mass is 10.1. The zero-order valence-corrected chi connectivity index (χ0v) is 16.6. The number of aromatic nitrogens is 2. The molecule has 28 heavy (non-hydrogen) atoms. The zero-order valence-electron chi connectivity index (χ0n) is 16.6. The molecule has 8 nitrogen and oxygen atoms in total. The van der Waals surface area contributed by atoms with Gasteiger partial charge >= 0.3 is 6.03 Å². The minimum absolute atomic E-state index is 0.128. The number of nitrogens with one attached hydrogen (secondary N) is 1. The van der Waals surface area contributed by atoms with Crippen molar-refractivity contribution in [1.82, 2.24) is 14.9 Å². The highest BCUT2D eigenvalue weighted by atomic mass is 16.5. The topological polar surface area (TPSA) is 79.8 Å². The van der Waals surface area contributed by atoms with Gasteiger partial charge in [0.05, 0.1) is 18.8 Å². The second kappa shape index (κ2) is 9.25. The predicted molar refractivity (Wildman–Crippen MR) is 108 cm³/mol. The van der Waals surface area contributed by atoms with E-state index in [9.17, 15) is 4.79 Å². The normalized spacial score (nSPS) is 16.4. The molecule has 1 saturated heterocycles. The van der Waals surface area contributed by atoms with Gasteiger partial charge in [0.2, 0.25) is 0 Å². The van der Waals surface area contributed by atoms with Crippen molar-refractivity contribution in [3.05, 3.63) is 36.7 Å². The smallest absolute Gasteiger partial charge is 0.322 e. The molecule has 1 unspecified atom stereocenters. The van der Waals surface area contributed by atoms with Crippen LogP contribution in [0, 0.1) is 0 Å². The van der Waals surface area contributed by atoms with Crippen molar-refractivity contribution in [2.45, 2.75) is 25.9 Å². The maximum Gasteiger partial charge on any atom is 0.322 e. The first kappa shape index (κ1) is 19.7. The van der Waals surface area contributed by atoms with Crippen LogP contribution in [0.4, 0.5) is 16.3 Å². The number of urea groups is 1. The summed E-state index contributed by atoms with van der Waals surface area (Å²) in [5.74, 6) is 1.83. The number of ether oxygens (including phenoxy) is 2. The van der Waals surface area contributed by atoms with Crippen LogP contribution in [0.15, 0.2) is 36.7 Å². The average Bonchev–Trinajstić information content (AvgIpc) is 2.70. The quantitative estimate of drug-likeness (QED) is 0.823. The Kier molecular flexibility index (Phi) is 6.52. The summed E-state index contributed by atoms with van der Waals surface area (Å²) >= 11 is 0. The van der Waals surface area contributed by atoms with E-state index in [1.807, 2.05) is 50.2 Å². The summed E-state index contributed by atoms with van der Waals surface area (Å²) in [6, 6.07) is 7.28. The first-order valence-corrected chi connectivity index (χ1v) is 9.51. The Hall–Kier alpha value is -3.03. The molecule has 8 heteroatoms. The van der Waals surface area contributed by atoms with Gasteiger partial charge in [-0.15, -0.1) is 0 Å². The molecule has 0 aliphatic carbocycles. The maximum absolute atomic E-state index is 12.8. The van der Waals surface area contributed by atoms with Crippen molar-refractivity contribution in [2.75, 3.05) is 44.0 Å². The third-order valence-corrected chi connectivity index (χ3v) is 4.44. The average molecular weight is 385 g/mol. The van der Waals surface area contributed by atoms with Crippen LogP contribution >= 0.6 is 0 Å². The molecule has 0 spiro atoms. The van der Waals surface area contributed by atoms with Gasteiger partial charge in [-0.05, 0) is 31.9 Å². The van der Waals surface area contributed by atoms with E-state index in [4.69, 9.17) is 9.47 Å². The lowest BCUT2D eigenvalue weighted by Gasteiger charge is -2.33. The van der Waals surface area contributed by atoms with Crippen LogP contribution in [0.3, 0.4) is 0 Å². The highest BCUT2D eigenvalue weighted by Gasteiger charge is 2.26. The highest BCUT2D eigenvalue weighted by molar-refractivity contribution is 5.91. The molecule has 1 aliphatic rings.